The molecule has 4 nitrogen and oxygen atoms in total. The summed E-state index contributed by atoms with van der Waals surface area (Å²) in [6.07, 6.45) is 3.81. The fourth-order valence-electron chi connectivity index (χ4n) is 1.11. The van der Waals surface area contributed by atoms with Crippen molar-refractivity contribution in [2.24, 2.45) is 0 Å². The van der Waals surface area contributed by atoms with Gasteiger partial charge in [0.05, 0.1) is 5.75 Å². The van der Waals surface area contributed by atoms with Crippen LogP contribution in [0, 0.1) is 0 Å². The molecule has 0 aliphatic heterocycles. The zero-order valence-corrected chi connectivity index (χ0v) is 10.1. The highest BCUT2D eigenvalue weighted by Crippen LogP contribution is 2.00. The lowest BCUT2D eigenvalue weighted by Gasteiger charge is -2.06. The molecule has 1 heterocycles. The van der Waals surface area contributed by atoms with Crippen LogP contribution in [0.3, 0.4) is 0 Å². The van der Waals surface area contributed by atoms with E-state index >= 15 is 0 Å². The second-order valence-electron chi connectivity index (χ2n) is 3.70. The highest BCUT2D eigenvalue weighted by Gasteiger charge is 2.09. The van der Waals surface area contributed by atoms with Crippen LogP contribution < -0.4 is 4.72 Å². The summed E-state index contributed by atoms with van der Waals surface area (Å²) >= 11 is 0. The molecule has 0 amide bonds. The van der Waals surface area contributed by atoms with E-state index in [2.05, 4.69) is 16.3 Å². The van der Waals surface area contributed by atoms with Gasteiger partial charge in [0.1, 0.15) is 0 Å². The first-order valence-electron chi connectivity index (χ1n) is 5.00. The van der Waals surface area contributed by atoms with Gasteiger partial charge in [0.25, 0.3) is 0 Å². The van der Waals surface area contributed by atoms with Gasteiger partial charge < -0.3 is 0 Å². The molecule has 1 rings (SSSR count). The first-order valence-corrected chi connectivity index (χ1v) is 6.65. The summed E-state index contributed by atoms with van der Waals surface area (Å²) in [5.74, 6) is 0.0876. The van der Waals surface area contributed by atoms with Crippen LogP contribution in [0.4, 0.5) is 0 Å². The van der Waals surface area contributed by atoms with Gasteiger partial charge in [-0.2, -0.15) is 0 Å². The second-order valence-corrected chi connectivity index (χ2v) is 5.63. The van der Waals surface area contributed by atoms with Crippen LogP contribution in [-0.2, 0) is 16.4 Å². The molecule has 0 radical (unpaired) electrons. The molecule has 0 bridgehead atoms. The number of aryl methyl sites for hydroxylation is 1. The molecule has 88 valence electrons. The van der Waals surface area contributed by atoms with Gasteiger partial charge >= 0.3 is 0 Å². The molecule has 0 aliphatic carbocycles. The van der Waals surface area contributed by atoms with Crippen molar-refractivity contribution in [1.29, 1.82) is 0 Å². The van der Waals surface area contributed by atoms with Gasteiger partial charge in [-0.15, -0.1) is 0 Å². The van der Waals surface area contributed by atoms with Crippen molar-refractivity contribution in [3.05, 3.63) is 42.2 Å². The summed E-state index contributed by atoms with van der Waals surface area (Å²) < 4.78 is 25.6. The maximum absolute atomic E-state index is 11.5. The molecule has 0 saturated carbocycles. The highest BCUT2D eigenvalue weighted by atomic mass is 32.2. The third kappa shape index (κ3) is 5.04. The third-order valence-corrected chi connectivity index (χ3v) is 3.33. The van der Waals surface area contributed by atoms with E-state index in [9.17, 15) is 8.42 Å². The Morgan fingerprint density at radius 1 is 1.44 bits per heavy atom. The van der Waals surface area contributed by atoms with Gasteiger partial charge in [-0.25, -0.2) is 13.1 Å². The summed E-state index contributed by atoms with van der Waals surface area (Å²) in [7, 11) is -3.21. The summed E-state index contributed by atoms with van der Waals surface area (Å²) in [5, 5.41) is 0. The zero-order chi connectivity index (χ0) is 12.0. The van der Waals surface area contributed by atoms with Gasteiger partial charge in [0.2, 0.25) is 10.0 Å². The Morgan fingerprint density at radius 3 is 2.62 bits per heavy atom. The zero-order valence-electron chi connectivity index (χ0n) is 9.31. The summed E-state index contributed by atoms with van der Waals surface area (Å²) in [4.78, 5) is 3.87. The Balaban J connectivity index is 2.45. The smallest absolute Gasteiger partial charge is 0.212 e. The van der Waals surface area contributed by atoms with Crippen molar-refractivity contribution in [3.63, 3.8) is 0 Å². The fourth-order valence-corrected chi connectivity index (χ4v) is 2.22. The van der Waals surface area contributed by atoms with E-state index in [0.717, 1.165) is 11.1 Å². The van der Waals surface area contributed by atoms with Gasteiger partial charge in [0, 0.05) is 18.9 Å². The maximum Gasteiger partial charge on any atom is 0.212 e. The molecule has 1 aromatic rings. The second kappa shape index (κ2) is 5.77. The number of aromatic nitrogens is 1. The van der Waals surface area contributed by atoms with Crippen LogP contribution in [0.15, 0.2) is 36.7 Å². The van der Waals surface area contributed by atoms with Crippen LogP contribution in [0.1, 0.15) is 12.5 Å². The van der Waals surface area contributed by atoms with Crippen LogP contribution in [0.2, 0.25) is 0 Å². The molecule has 5 heteroatoms. The van der Waals surface area contributed by atoms with Crippen LogP contribution in [0.25, 0.3) is 0 Å². The first-order chi connectivity index (χ1) is 7.49. The molecule has 0 saturated heterocycles. The van der Waals surface area contributed by atoms with Gasteiger partial charge in [-0.3, -0.25) is 4.98 Å². The fraction of sp³-hybridized carbons (Fsp3) is 0.364. The van der Waals surface area contributed by atoms with Crippen molar-refractivity contribution in [3.8, 4) is 0 Å². The molecular formula is C11H16N2O2S. The topological polar surface area (TPSA) is 59.1 Å². The van der Waals surface area contributed by atoms with E-state index in [1.165, 1.54) is 0 Å². The molecule has 0 fully saturated rings. The van der Waals surface area contributed by atoms with E-state index < -0.39 is 10.0 Å². The number of sulfonamides is 1. The van der Waals surface area contributed by atoms with E-state index in [-0.39, 0.29) is 5.75 Å². The highest BCUT2D eigenvalue weighted by molar-refractivity contribution is 7.89. The normalized spacial score (nSPS) is 11.3. The van der Waals surface area contributed by atoms with Crippen molar-refractivity contribution >= 4 is 10.0 Å². The molecule has 1 N–H and O–H groups in total. The molecule has 1 aromatic heterocycles. The van der Waals surface area contributed by atoms with Crippen molar-refractivity contribution in [2.75, 3.05) is 12.3 Å². The van der Waals surface area contributed by atoms with E-state index in [1.54, 1.807) is 19.3 Å². The number of nitrogens with one attached hydrogen (secondary N) is 1. The quantitative estimate of drug-likeness (QED) is 0.758. The lowest BCUT2D eigenvalue weighted by Crippen LogP contribution is -2.28. The average molecular weight is 240 g/mol. The largest absolute Gasteiger partial charge is 0.265 e. The first kappa shape index (κ1) is 12.9. The molecule has 0 atom stereocenters. The van der Waals surface area contributed by atoms with E-state index in [0.29, 0.717) is 13.0 Å². The van der Waals surface area contributed by atoms with Crippen LogP contribution >= 0.6 is 0 Å². The Kier molecular flexibility index (Phi) is 4.64. The van der Waals surface area contributed by atoms with E-state index in [4.69, 9.17) is 0 Å². The predicted molar refractivity (Wildman–Crippen MR) is 64.5 cm³/mol. The van der Waals surface area contributed by atoms with Gasteiger partial charge in [0.15, 0.2) is 0 Å². The number of pyridine rings is 1. The SMILES string of the molecule is C=C(C)CNS(=O)(=O)CCc1ccncc1. The van der Waals surface area contributed by atoms with Gasteiger partial charge in [-0.1, -0.05) is 12.2 Å². The number of nitrogens with zero attached hydrogens (tertiary/aromatic N) is 1. The summed E-state index contributed by atoms with van der Waals surface area (Å²) in [6, 6.07) is 3.63. The average Bonchev–Trinajstić information content (AvgIpc) is 2.26. The summed E-state index contributed by atoms with van der Waals surface area (Å²) in [6.45, 7) is 5.73. The minimum absolute atomic E-state index is 0.0876. The van der Waals surface area contributed by atoms with Crippen LogP contribution in [-0.4, -0.2) is 25.7 Å². The maximum atomic E-state index is 11.5. The molecule has 0 spiro atoms. The molecule has 0 aliphatic rings. The minimum Gasteiger partial charge on any atom is -0.265 e. The number of hydrogen-bond acceptors (Lipinski definition) is 3. The standard InChI is InChI=1S/C11H16N2O2S/c1-10(2)9-13-16(14,15)8-5-11-3-6-12-7-4-11/h3-4,6-7,13H,1,5,8-9H2,2H3. The van der Waals surface area contributed by atoms with Crippen molar-refractivity contribution in [1.82, 2.24) is 9.71 Å². The van der Waals surface area contributed by atoms with Gasteiger partial charge in [-0.05, 0) is 31.0 Å². The number of hydrogen-bond donors (Lipinski definition) is 1. The molecule has 0 unspecified atom stereocenters. The Morgan fingerprint density at radius 2 is 2.06 bits per heavy atom. The Labute approximate surface area is 96.5 Å². The lowest BCUT2D eigenvalue weighted by atomic mass is 10.2. The van der Waals surface area contributed by atoms with Crippen molar-refractivity contribution in [2.45, 2.75) is 13.3 Å². The van der Waals surface area contributed by atoms with Crippen LogP contribution in [0.5, 0.6) is 0 Å². The Hall–Kier alpha value is -1.20. The molecular weight excluding hydrogens is 224 g/mol. The van der Waals surface area contributed by atoms with E-state index in [1.807, 2.05) is 12.1 Å². The molecule has 16 heavy (non-hydrogen) atoms. The minimum atomic E-state index is -3.21. The monoisotopic (exact) mass is 240 g/mol. The third-order valence-electron chi connectivity index (χ3n) is 2.00. The number of rotatable bonds is 6. The lowest BCUT2D eigenvalue weighted by molar-refractivity contribution is 0.584. The Bertz CT molecular complexity index is 440. The molecule has 0 aromatic carbocycles. The summed E-state index contributed by atoms with van der Waals surface area (Å²) in [5.41, 5.74) is 1.77. The predicted octanol–water partition coefficient (Wildman–Crippen LogP) is 1.12. The van der Waals surface area contributed by atoms with Crippen molar-refractivity contribution < 1.29 is 8.42 Å².